The predicted molar refractivity (Wildman–Crippen MR) is 145 cm³/mol. The van der Waals surface area contributed by atoms with Gasteiger partial charge in [-0.05, 0) is 66.8 Å². The highest BCUT2D eigenvalue weighted by atomic mass is 35.5. The van der Waals surface area contributed by atoms with E-state index in [0.717, 1.165) is 36.8 Å². The molecule has 8 heteroatoms. The van der Waals surface area contributed by atoms with Crippen LogP contribution >= 0.6 is 11.6 Å². The van der Waals surface area contributed by atoms with E-state index in [9.17, 15) is 18.4 Å². The number of rotatable bonds is 8. The van der Waals surface area contributed by atoms with E-state index < -0.39 is 17.5 Å². The van der Waals surface area contributed by atoms with E-state index in [1.54, 1.807) is 18.2 Å². The van der Waals surface area contributed by atoms with Gasteiger partial charge in [-0.1, -0.05) is 68.5 Å². The van der Waals surface area contributed by atoms with Crippen molar-refractivity contribution in [2.45, 2.75) is 83.0 Å². The molecule has 0 amide bonds. The molecule has 5 nitrogen and oxygen atoms in total. The minimum atomic E-state index is -2.65. The minimum Gasteiger partial charge on any atom is -0.299 e. The lowest BCUT2D eigenvalue weighted by Crippen LogP contribution is -2.38. The molecule has 1 aromatic heterocycles. The van der Waals surface area contributed by atoms with Crippen LogP contribution in [0.3, 0.4) is 0 Å². The molecule has 2 aliphatic carbocycles. The summed E-state index contributed by atoms with van der Waals surface area (Å²) in [6.07, 6.45) is 3.54. The smallest absolute Gasteiger partial charge is 0.299 e. The third-order valence-electron chi connectivity index (χ3n) is 8.36. The molecule has 0 atom stereocenters. The number of benzene rings is 2. The number of alkyl halides is 2. The lowest BCUT2D eigenvalue weighted by molar-refractivity contribution is -0.140. The second-order valence-corrected chi connectivity index (χ2v) is 11.5. The Kier molecular flexibility index (Phi) is 7.49. The zero-order valence-corrected chi connectivity index (χ0v) is 22.3. The lowest BCUT2D eigenvalue weighted by Gasteiger charge is -2.30. The van der Waals surface area contributed by atoms with E-state index in [1.165, 1.54) is 5.56 Å². The van der Waals surface area contributed by atoms with Gasteiger partial charge in [0, 0.05) is 17.5 Å². The molecule has 2 aromatic carbocycles. The van der Waals surface area contributed by atoms with Crippen molar-refractivity contribution in [3.63, 3.8) is 0 Å². The molecule has 0 aliphatic heterocycles. The van der Waals surface area contributed by atoms with Crippen LogP contribution in [0.5, 0.6) is 0 Å². The molecule has 2 fully saturated rings. The van der Waals surface area contributed by atoms with Crippen LogP contribution < -0.4 is 5.69 Å². The number of aromatic nitrogens is 3. The standard InChI is InChI=1S/C30H32ClF2N3O2/c1-29(15-16-29)21-8-6-7-20(18-21)25-34-26(36-28(38)35-25)22-17-19(9-11-23(22)31)10-12-24(37)30(27(32)33)13-4-2-3-5-14-30/h6-9,11,17-18,27H,2-5,10,12-16H2,1H3,(H,34,35,36,38). The van der Waals surface area contributed by atoms with Crippen molar-refractivity contribution < 1.29 is 13.6 Å². The summed E-state index contributed by atoms with van der Waals surface area (Å²) in [5, 5.41) is 0.382. The number of carbonyl (C=O) groups excluding carboxylic acids is 1. The third kappa shape index (κ3) is 5.44. The van der Waals surface area contributed by atoms with Gasteiger partial charge in [0.1, 0.15) is 11.6 Å². The molecular formula is C30H32ClF2N3O2. The van der Waals surface area contributed by atoms with Crippen LogP contribution in [0.15, 0.2) is 47.3 Å². The van der Waals surface area contributed by atoms with Crippen molar-refractivity contribution in [3.8, 4) is 22.8 Å². The summed E-state index contributed by atoms with van der Waals surface area (Å²) >= 11 is 6.49. The predicted octanol–water partition coefficient (Wildman–Crippen LogP) is 7.31. The van der Waals surface area contributed by atoms with Crippen molar-refractivity contribution in [1.82, 2.24) is 15.0 Å². The number of Topliss-reactive ketones (excluding diaryl/α,β-unsaturated/α-hetero) is 1. The molecule has 0 radical (unpaired) electrons. The Morgan fingerprint density at radius 1 is 1.03 bits per heavy atom. The number of hydrogen-bond donors (Lipinski definition) is 1. The summed E-state index contributed by atoms with van der Waals surface area (Å²) in [5.41, 5.74) is 1.29. The maximum absolute atomic E-state index is 14.1. The van der Waals surface area contributed by atoms with Crippen molar-refractivity contribution in [3.05, 3.63) is 69.1 Å². The van der Waals surface area contributed by atoms with Crippen molar-refractivity contribution >= 4 is 17.4 Å². The summed E-state index contributed by atoms with van der Waals surface area (Å²) in [4.78, 5) is 37.0. The first kappa shape index (κ1) is 26.7. The van der Waals surface area contributed by atoms with Gasteiger partial charge in [-0.2, -0.15) is 4.98 Å². The van der Waals surface area contributed by atoms with E-state index in [4.69, 9.17) is 11.6 Å². The first-order valence-electron chi connectivity index (χ1n) is 13.4. The van der Waals surface area contributed by atoms with Gasteiger partial charge in [-0.25, -0.2) is 18.6 Å². The summed E-state index contributed by atoms with van der Waals surface area (Å²) in [7, 11) is 0. The topological polar surface area (TPSA) is 75.7 Å². The average Bonchev–Trinajstić information content (AvgIpc) is 3.71. The van der Waals surface area contributed by atoms with E-state index in [-0.39, 0.29) is 36.3 Å². The molecular weight excluding hydrogens is 508 g/mol. The average molecular weight is 540 g/mol. The van der Waals surface area contributed by atoms with Crippen molar-refractivity contribution in [2.75, 3.05) is 0 Å². The van der Waals surface area contributed by atoms with Crippen LogP contribution in [-0.4, -0.2) is 27.2 Å². The van der Waals surface area contributed by atoms with Gasteiger partial charge < -0.3 is 0 Å². The molecule has 0 bridgehead atoms. The number of nitrogens with zero attached hydrogens (tertiary/aromatic N) is 2. The Balaban J connectivity index is 1.40. The number of ketones is 1. The highest BCUT2D eigenvalue weighted by Crippen LogP contribution is 2.48. The van der Waals surface area contributed by atoms with Crippen LogP contribution in [-0.2, 0) is 16.6 Å². The van der Waals surface area contributed by atoms with E-state index in [0.29, 0.717) is 35.7 Å². The lowest BCUT2D eigenvalue weighted by atomic mass is 9.75. The molecule has 2 aliphatic rings. The maximum atomic E-state index is 14.1. The number of hydrogen-bond acceptors (Lipinski definition) is 4. The first-order valence-corrected chi connectivity index (χ1v) is 13.8. The maximum Gasteiger partial charge on any atom is 0.348 e. The van der Waals surface area contributed by atoms with Gasteiger partial charge in [0.15, 0.2) is 5.82 Å². The fourth-order valence-corrected chi connectivity index (χ4v) is 5.75. The Morgan fingerprint density at radius 3 is 2.45 bits per heavy atom. The molecule has 38 heavy (non-hydrogen) atoms. The first-order chi connectivity index (χ1) is 18.2. The number of H-pyrrole nitrogens is 1. The zero-order valence-electron chi connectivity index (χ0n) is 21.5. The quantitative estimate of drug-likeness (QED) is 0.304. The number of carbonyl (C=O) groups is 1. The van der Waals surface area contributed by atoms with Gasteiger partial charge in [-0.3, -0.25) is 9.78 Å². The highest BCUT2D eigenvalue weighted by molar-refractivity contribution is 6.33. The fraction of sp³-hybridized carbons (Fsp3) is 0.467. The van der Waals surface area contributed by atoms with Gasteiger partial charge in [0.2, 0.25) is 0 Å². The number of aromatic amines is 1. The van der Waals surface area contributed by atoms with Crippen LogP contribution in [0.25, 0.3) is 22.8 Å². The van der Waals surface area contributed by atoms with Crippen molar-refractivity contribution in [1.29, 1.82) is 0 Å². The molecule has 2 saturated carbocycles. The molecule has 1 N–H and O–H groups in total. The molecule has 0 spiro atoms. The second kappa shape index (κ2) is 10.7. The van der Waals surface area contributed by atoms with Gasteiger partial charge >= 0.3 is 5.69 Å². The number of aryl methyl sites for hydroxylation is 1. The van der Waals surface area contributed by atoms with Crippen LogP contribution in [0, 0.1) is 5.41 Å². The molecule has 200 valence electrons. The summed E-state index contributed by atoms with van der Waals surface area (Å²) < 4.78 is 28.2. The SMILES string of the molecule is CC1(c2cccc(-c3nc(-c4cc(CCC(=O)C5(C(F)F)CCCCCC5)ccc4Cl)[nH]c(=O)n3)c2)CC1. The largest absolute Gasteiger partial charge is 0.348 e. The number of halogens is 3. The fourth-order valence-electron chi connectivity index (χ4n) is 5.55. The van der Waals surface area contributed by atoms with Gasteiger partial charge in [-0.15, -0.1) is 0 Å². The van der Waals surface area contributed by atoms with Crippen LogP contribution in [0.4, 0.5) is 8.78 Å². The Bertz CT molecular complexity index is 1390. The minimum absolute atomic E-state index is 0.0303. The highest BCUT2D eigenvalue weighted by Gasteiger charge is 2.45. The normalized spacial score (nSPS) is 18.2. The van der Waals surface area contributed by atoms with E-state index in [2.05, 4.69) is 27.9 Å². The third-order valence-corrected chi connectivity index (χ3v) is 8.69. The second-order valence-electron chi connectivity index (χ2n) is 11.1. The molecule has 0 unspecified atom stereocenters. The number of nitrogens with one attached hydrogen (secondary N) is 1. The molecule has 1 heterocycles. The van der Waals surface area contributed by atoms with Gasteiger partial charge in [0.25, 0.3) is 6.43 Å². The summed E-state index contributed by atoms with van der Waals surface area (Å²) in [5.74, 6) is 0.209. The van der Waals surface area contributed by atoms with E-state index >= 15 is 0 Å². The Labute approximate surface area is 226 Å². The van der Waals surface area contributed by atoms with E-state index in [1.807, 2.05) is 18.2 Å². The van der Waals surface area contributed by atoms with Crippen molar-refractivity contribution in [2.24, 2.45) is 5.41 Å². The Morgan fingerprint density at radius 2 is 1.76 bits per heavy atom. The molecule has 0 saturated heterocycles. The summed E-state index contributed by atoms with van der Waals surface area (Å²) in [6.45, 7) is 2.21. The van der Waals surface area contributed by atoms with Crippen LogP contribution in [0.2, 0.25) is 5.02 Å². The molecule has 3 aromatic rings. The monoisotopic (exact) mass is 539 g/mol. The Hall–Kier alpha value is -2.93. The summed E-state index contributed by atoms with van der Waals surface area (Å²) in [6, 6.07) is 13.2. The zero-order chi connectivity index (χ0) is 26.9. The molecule has 5 rings (SSSR count). The van der Waals surface area contributed by atoms with Gasteiger partial charge in [0.05, 0.1) is 10.4 Å². The van der Waals surface area contributed by atoms with Crippen LogP contribution in [0.1, 0.15) is 75.8 Å².